The van der Waals surface area contributed by atoms with Crippen molar-refractivity contribution >= 4 is 17.8 Å². The molecule has 1 aromatic carbocycles. The van der Waals surface area contributed by atoms with Gasteiger partial charge in [-0.15, -0.1) is 0 Å². The van der Waals surface area contributed by atoms with Gasteiger partial charge >= 0.3 is 6.03 Å². The standard InChI is InChI=1S/C16H24N4O3/c1-11(2)18-13(21)10-20(4)14(12-8-6-5-7-9-12)15(22)19-16(23)17-3/h5-9,11,14H,10H2,1-4H3,(H,18,21)(H2,17,19,22,23)/t14-/m1/s1. The Labute approximate surface area is 136 Å². The Morgan fingerprint density at radius 1 is 1.13 bits per heavy atom. The second kappa shape index (κ2) is 8.89. The number of likely N-dealkylation sites (N-methyl/N-ethyl adjacent to an activating group) is 1. The van der Waals surface area contributed by atoms with E-state index < -0.39 is 18.0 Å². The summed E-state index contributed by atoms with van der Waals surface area (Å²) < 4.78 is 0. The predicted octanol–water partition coefficient (Wildman–Crippen LogP) is 0.640. The molecule has 7 heteroatoms. The predicted molar refractivity (Wildman–Crippen MR) is 87.7 cm³/mol. The first-order valence-electron chi connectivity index (χ1n) is 7.42. The number of imide groups is 1. The zero-order valence-corrected chi connectivity index (χ0v) is 13.9. The highest BCUT2D eigenvalue weighted by Gasteiger charge is 2.27. The van der Waals surface area contributed by atoms with E-state index in [1.165, 1.54) is 7.05 Å². The number of nitrogens with zero attached hydrogens (tertiary/aromatic N) is 1. The second-order valence-electron chi connectivity index (χ2n) is 5.52. The zero-order valence-electron chi connectivity index (χ0n) is 13.9. The number of amides is 4. The highest BCUT2D eigenvalue weighted by atomic mass is 16.2. The summed E-state index contributed by atoms with van der Waals surface area (Å²) in [4.78, 5) is 37.4. The van der Waals surface area contributed by atoms with Crippen molar-refractivity contribution in [3.05, 3.63) is 35.9 Å². The SMILES string of the molecule is CNC(=O)NC(=O)[C@@H](c1ccccc1)N(C)CC(=O)NC(C)C. The molecule has 0 aliphatic heterocycles. The summed E-state index contributed by atoms with van der Waals surface area (Å²) in [7, 11) is 3.10. The second-order valence-corrected chi connectivity index (χ2v) is 5.52. The lowest BCUT2D eigenvalue weighted by molar-refractivity contribution is -0.127. The molecule has 0 aromatic heterocycles. The number of rotatable bonds is 6. The third-order valence-electron chi connectivity index (χ3n) is 3.11. The number of hydrogen-bond acceptors (Lipinski definition) is 4. The molecule has 0 heterocycles. The van der Waals surface area contributed by atoms with Gasteiger partial charge in [0.25, 0.3) is 0 Å². The van der Waals surface area contributed by atoms with Gasteiger partial charge in [0.05, 0.1) is 6.54 Å². The number of urea groups is 1. The molecular formula is C16H24N4O3. The minimum absolute atomic E-state index is 0.0192. The topological polar surface area (TPSA) is 90.5 Å². The van der Waals surface area contributed by atoms with Crippen molar-refractivity contribution in [2.24, 2.45) is 0 Å². The molecule has 0 aliphatic carbocycles. The van der Waals surface area contributed by atoms with Crippen LogP contribution in [0, 0.1) is 0 Å². The first-order valence-corrected chi connectivity index (χ1v) is 7.42. The third kappa shape index (κ3) is 6.07. The summed E-state index contributed by atoms with van der Waals surface area (Å²) >= 11 is 0. The Hall–Kier alpha value is -2.41. The minimum atomic E-state index is -0.744. The average Bonchev–Trinajstić information content (AvgIpc) is 2.47. The van der Waals surface area contributed by atoms with Gasteiger partial charge in [-0.05, 0) is 26.5 Å². The Morgan fingerprint density at radius 2 is 1.74 bits per heavy atom. The van der Waals surface area contributed by atoms with E-state index in [2.05, 4.69) is 16.0 Å². The molecule has 0 saturated heterocycles. The van der Waals surface area contributed by atoms with Gasteiger partial charge in [-0.25, -0.2) is 4.79 Å². The summed E-state index contributed by atoms with van der Waals surface area (Å²) in [5.41, 5.74) is 0.703. The van der Waals surface area contributed by atoms with E-state index in [9.17, 15) is 14.4 Å². The first kappa shape index (κ1) is 18.6. The van der Waals surface area contributed by atoms with Crippen LogP contribution in [0.2, 0.25) is 0 Å². The van der Waals surface area contributed by atoms with Crippen LogP contribution < -0.4 is 16.0 Å². The van der Waals surface area contributed by atoms with E-state index in [1.807, 2.05) is 19.9 Å². The van der Waals surface area contributed by atoms with Crippen molar-refractivity contribution in [2.75, 3.05) is 20.6 Å². The molecule has 23 heavy (non-hydrogen) atoms. The van der Waals surface area contributed by atoms with E-state index in [1.54, 1.807) is 36.2 Å². The molecule has 4 amide bonds. The molecule has 0 unspecified atom stereocenters. The van der Waals surface area contributed by atoms with Crippen LogP contribution in [0.25, 0.3) is 0 Å². The van der Waals surface area contributed by atoms with E-state index in [4.69, 9.17) is 0 Å². The average molecular weight is 320 g/mol. The fourth-order valence-electron chi connectivity index (χ4n) is 2.17. The smallest absolute Gasteiger partial charge is 0.321 e. The summed E-state index contributed by atoms with van der Waals surface area (Å²) in [6.45, 7) is 3.77. The highest BCUT2D eigenvalue weighted by molar-refractivity contribution is 5.97. The summed E-state index contributed by atoms with van der Waals surface area (Å²) in [5.74, 6) is -0.674. The molecular weight excluding hydrogens is 296 g/mol. The van der Waals surface area contributed by atoms with E-state index in [0.29, 0.717) is 5.56 Å². The molecule has 1 rings (SSSR count). The van der Waals surface area contributed by atoms with Gasteiger partial charge in [0.1, 0.15) is 6.04 Å². The molecule has 0 radical (unpaired) electrons. The molecule has 1 atom stereocenters. The number of benzene rings is 1. The Kier molecular flexibility index (Phi) is 7.21. The van der Waals surface area contributed by atoms with Gasteiger partial charge in [0.2, 0.25) is 11.8 Å². The molecule has 0 saturated carbocycles. The lowest BCUT2D eigenvalue weighted by Crippen LogP contribution is -2.47. The fourth-order valence-corrected chi connectivity index (χ4v) is 2.17. The maximum Gasteiger partial charge on any atom is 0.321 e. The van der Waals surface area contributed by atoms with Crippen molar-refractivity contribution in [1.82, 2.24) is 20.9 Å². The Morgan fingerprint density at radius 3 is 2.26 bits per heavy atom. The lowest BCUT2D eigenvalue weighted by Gasteiger charge is -2.27. The molecule has 0 bridgehead atoms. The molecule has 1 aromatic rings. The van der Waals surface area contributed by atoms with Gasteiger partial charge in [-0.3, -0.25) is 19.8 Å². The zero-order chi connectivity index (χ0) is 17.4. The van der Waals surface area contributed by atoms with Crippen LogP contribution in [0.3, 0.4) is 0 Å². The van der Waals surface area contributed by atoms with Crippen LogP contribution in [0.5, 0.6) is 0 Å². The van der Waals surface area contributed by atoms with Gasteiger partial charge < -0.3 is 10.6 Å². The summed E-state index contributed by atoms with van der Waals surface area (Å²) in [6.07, 6.45) is 0. The van der Waals surface area contributed by atoms with Crippen LogP contribution in [-0.4, -0.2) is 49.4 Å². The largest absolute Gasteiger partial charge is 0.353 e. The van der Waals surface area contributed by atoms with Crippen LogP contribution in [0.15, 0.2) is 30.3 Å². The third-order valence-corrected chi connectivity index (χ3v) is 3.11. The summed E-state index contributed by atoms with van der Waals surface area (Å²) in [6, 6.07) is 7.70. The Balaban J connectivity index is 2.93. The van der Waals surface area contributed by atoms with Crippen molar-refractivity contribution in [2.45, 2.75) is 25.9 Å². The van der Waals surface area contributed by atoms with Crippen LogP contribution in [-0.2, 0) is 9.59 Å². The lowest BCUT2D eigenvalue weighted by atomic mass is 10.0. The maximum atomic E-state index is 12.4. The molecule has 0 aliphatic rings. The monoisotopic (exact) mass is 320 g/mol. The van der Waals surface area contributed by atoms with Gasteiger partial charge in [-0.1, -0.05) is 30.3 Å². The number of hydrogen-bond donors (Lipinski definition) is 3. The van der Waals surface area contributed by atoms with Crippen molar-refractivity contribution in [1.29, 1.82) is 0 Å². The van der Waals surface area contributed by atoms with Gasteiger partial charge in [0, 0.05) is 13.1 Å². The maximum absolute atomic E-state index is 12.4. The van der Waals surface area contributed by atoms with Crippen molar-refractivity contribution < 1.29 is 14.4 Å². The van der Waals surface area contributed by atoms with Crippen molar-refractivity contribution in [3.63, 3.8) is 0 Å². The number of carbonyl (C=O) groups is 3. The summed E-state index contributed by atoms with van der Waals surface area (Å²) in [5, 5.41) is 7.38. The molecule has 3 N–H and O–H groups in total. The van der Waals surface area contributed by atoms with E-state index in [-0.39, 0.29) is 18.5 Å². The Bertz CT molecular complexity index is 546. The molecule has 0 spiro atoms. The van der Waals surface area contributed by atoms with E-state index >= 15 is 0 Å². The van der Waals surface area contributed by atoms with Crippen LogP contribution >= 0.6 is 0 Å². The quantitative estimate of drug-likeness (QED) is 0.717. The fraction of sp³-hybridized carbons (Fsp3) is 0.438. The molecule has 7 nitrogen and oxygen atoms in total. The van der Waals surface area contributed by atoms with Crippen LogP contribution in [0.4, 0.5) is 4.79 Å². The van der Waals surface area contributed by atoms with E-state index in [0.717, 1.165) is 0 Å². The minimum Gasteiger partial charge on any atom is -0.353 e. The van der Waals surface area contributed by atoms with Crippen molar-refractivity contribution in [3.8, 4) is 0 Å². The first-order chi connectivity index (χ1) is 10.8. The van der Waals surface area contributed by atoms with Crippen LogP contribution in [0.1, 0.15) is 25.5 Å². The normalized spacial score (nSPS) is 11.9. The van der Waals surface area contributed by atoms with Gasteiger partial charge in [0.15, 0.2) is 0 Å². The highest BCUT2D eigenvalue weighted by Crippen LogP contribution is 2.19. The van der Waals surface area contributed by atoms with Gasteiger partial charge in [-0.2, -0.15) is 0 Å². The molecule has 0 fully saturated rings. The molecule has 126 valence electrons. The number of nitrogens with one attached hydrogen (secondary N) is 3. The number of carbonyl (C=O) groups excluding carboxylic acids is 3.